The van der Waals surface area contributed by atoms with Crippen molar-refractivity contribution in [2.24, 2.45) is 5.92 Å². The Morgan fingerprint density at radius 1 is 0.875 bits per heavy atom. The van der Waals surface area contributed by atoms with Gasteiger partial charge in [0.25, 0.3) is 0 Å². The third kappa shape index (κ3) is 4.53. The summed E-state index contributed by atoms with van der Waals surface area (Å²) in [7, 11) is 0. The second-order valence-electron chi connectivity index (χ2n) is 10.3. The first-order valence-electron chi connectivity index (χ1n) is 12.8. The summed E-state index contributed by atoms with van der Waals surface area (Å²) in [5.41, 5.74) is 1.55. The lowest BCUT2D eigenvalue weighted by atomic mass is 9.74. The monoisotopic (exact) mass is 576 g/mol. The van der Waals surface area contributed by atoms with Gasteiger partial charge in [0.1, 0.15) is 11.4 Å². The Morgan fingerprint density at radius 2 is 1.48 bits per heavy atom. The molecule has 2 aromatic heterocycles. The number of rotatable bonds is 6. The molecule has 1 saturated heterocycles. The van der Waals surface area contributed by atoms with Crippen LogP contribution >= 0.6 is 22.7 Å². The molecule has 1 aliphatic rings. The molecule has 2 aromatic carbocycles. The molecule has 40 heavy (non-hydrogen) atoms. The fourth-order valence-electron chi connectivity index (χ4n) is 5.83. The highest BCUT2D eigenvalue weighted by molar-refractivity contribution is 7.10. The van der Waals surface area contributed by atoms with Crippen molar-refractivity contribution in [2.45, 2.75) is 45.2 Å². The van der Waals surface area contributed by atoms with Crippen molar-refractivity contribution in [1.82, 2.24) is 4.90 Å². The van der Waals surface area contributed by atoms with Crippen molar-refractivity contribution in [1.29, 1.82) is 0 Å². The first-order valence-corrected chi connectivity index (χ1v) is 14.6. The number of carboxylic acids is 1. The van der Waals surface area contributed by atoms with E-state index in [1.165, 1.54) is 58.8 Å². The van der Waals surface area contributed by atoms with Crippen LogP contribution in [0.3, 0.4) is 0 Å². The van der Waals surface area contributed by atoms with E-state index in [1.807, 2.05) is 55.8 Å². The van der Waals surface area contributed by atoms with Crippen molar-refractivity contribution in [2.75, 3.05) is 5.32 Å². The number of carbonyl (C=O) groups is 3. The lowest BCUT2D eigenvalue weighted by Crippen LogP contribution is -2.55. The molecule has 2 amide bonds. The predicted molar refractivity (Wildman–Crippen MR) is 156 cm³/mol. The summed E-state index contributed by atoms with van der Waals surface area (Å²) in [5, 5.41) is 17.4. The van der Waals surface area contributed by atoms with Gasteiger partial charge in [-0.15, -0.1) is 22.7 Å². The zero-order valence-corrected chi connectivity index (χ0v) is 24.1. The van der Waals surface area contributed by atoms with Gasteiger partial charge in [-0.05, 0) is 91.5 Å². The van der Waals surface area contributed by atoms with Gasteiger partial charge in [0.15, 0.2) is 5.78 Å². The third-order valence-corrected chi connectivity index (χ3v) is 10.1. The summed E-state index contributed by atoms with van der Waals surface area (Å²) in [6.07, 6.45) is 0. The Hall–Kier alpha value is -3.82. The minimum atomic E-state index is -1.79. The van der Waals surface area contributed by atoms with E-state index in [2.05, 4.69) is 5.32 Å². The molecular weight excluding hydrogens is 547 g/mol. The van der Waals surface area contributed by atoms with Crippen molar-refractivity contribution in [3.63, 3.8) is 0 Å². The lowest BCUT2D eigenvalue weighted by Gasteiger charge is -2.37. The van der Waals surface area contributed by atoms with Crippen molar-refractivity contribution in [3.8, 4) is 0 Å². The second kappa shape index (κ2) is 10.6. The highest BCUT2D eigenvalue weighted by Gasteiger charge is 2.66. The zero-order chi connectivity index (χ0) is 28.8. The van der Waals surface area contributed by atoms with Crippen LogP contribution in [0.2, 0.25) is 0 Å². The summed E-state index contributed by atoms with van der Waals surface area (Å²) in [5.74, 6) is -3.59. The van der Waals surface area contributed by atoms with E-state index in [9.17, 15) is 23.9 Å². The maximum Gasteiger partial charge on any atom is 0.330 e. The van der Waals surface area contributed by atoms with Crippen molar-refractivity contribution in [3.05, 3.63) is 109 Å². The fraction of sp³-hybridized carbons (Fsp3) is 0.258. The van der Waals surface area contributed by atoms with Gasteiger partial charge in [0.2, 0.25) is 0 Å². The van der Waals surface area contributed by atoms with Gasteiger partial charge in [-0.1, -0.05) is 24.3 Å². The van der Waals surface area contributed by atoms with Gasteiger partial charge in [-0.3, -0.25) is 9.69 Å². The van der Waals surface area contributed by atoms with Gasteiger partial charge in [0.05, 0.1) is 12.0 Å². The number of carbonyl (C=O) groups excluding carboxylic acids is 2. The number of nitrogens with zero attached hydrogens (tertiary/aromatic N) is 1. The second-order valence-corrected chi connectivity index (χ2v) is 12.2. The molecule has 2 N–H and O–H groups in total. The number of thiophene rings is 2. The van der Waals surface area contributed by atoms with Crippen molar-refractivity contribution >= 4 is 46.1 Å². The van der Waals surface area contributed by atoms with Crippen LogP contribution in [0.1, 0.15) is 55.7 Å². The van der Waals surface area contributed by atoms with E-state index in [-0.39, 0.29) is 5.78 Å². The molecule has 4 aromatic rings. The third-order valence-electron chi connectivity index (χ3n) is 7.90. The summed E-state index contributed by atoms with van der Waals surface area (Å²) >= 11 is 2.80. The average Bonchev–Trinajstić information content (AvgIpc) is 3.60. The number of carboxylic acid groups (broad SMARTS) is 1. The Bertz CT molecular complexity index is 1590. The molecule has 5 rings (SSSR count). The smallest absolute Gasteiger partial charge is 0.330 e. The summed E-state index contributed by atoms with van der Waals surface area (Å²) in [4.78, 5) is 45.0. The van der Waals surface area contributed by atoms with E-state index in [1.54, 1.807) is 12.1 Å². The number of anilines is 1. The van der Waals surface area contributed by atoms with Crippen LogP contribution in [0.4, 0.5) is 14.9 Å². The molecule has 1 fully saturated rings. The molecular formula is C31H29FN2O4S2. The van der Waals surface area contributed by atoms with Crippen LogP contribution in [0, 0.1) is 32.5 Å². The molecule has 9 heteroatoms. The molecule has 206 valence electrons. The Morgan fingerprint density at radius 3 is 2.02 bits per heavy atom. The molecule has 1 aliphatic heterocycles. The molecule has 0 aliphatic carbocycles. The van der Waals surface area contributed by atoms with Crippen LogP contribution in [0.15, 0.2) is 71.4 Å². The van der Waals surface area contributed by atoms with E-state index in [4.69, 9.17) is 0 Å². The van der Waals surface area contributed by atoms with Crippen LogP contribution < -0.4 is 5.32 Å². The van der Waals surface area contributed by atoms with Crippen LogP contribution in [-0.4, -0.2) is 33.3 Å². The van der Waals surface area contributed by atoms with Gasteiger partial charge >= 0.3 is 12.0 Å². The molecule has 3 heterocycles. The number of urea groups is 1. The van der Waals surface area contributed by atoms with Gasteiger partial charge in [0, 0.05) is 26.9 Å². The quantitative estimate of drug-likeness (QED) is 0.232. The van der Waals surface area contributed by atoms with E-state index in [0.717, 1.165) is 26.4 Å². The number of hydrogen-bond donors (Lipinski definition) is 2. The van der Waals surface area contributed by atoms with Crippen LogP contribution in [-0.2, 0) is 4.79 Å². The SMILES string of the molecule is Cc1ccccc1C(=O)C1C(c2sccc2C)N(C(=O)Nc2ccc(F)cc2)C(C)(C(=O)O)C1c1sccc1C. The fourth-order valence-corrected chi connectivity index (χ4v) is 8.09. The number of Topliss-reactive ketones (excluding diaryl/α,β-unsaturated/α-hetero) is 1. The number of amides is 2. The number of ketones is 1. The Balaban J connectivity index is 1.77. The van der Waals surface area contributed by atoms with Gasteiger partial charge in [-0.2, -0.15) is 0 Å². The zero-order valence-electron chi connectivity index (χ0n) is 22.5. The molecule has 0 radical (unpaired) electrons. The maximum absolute atomic E-state index is 14.6. The standard InChI is InChI=1S/C31H29FN2O4S2/c1-17-7-5-6-8-22(17)26(35)23-24(27-18(2)13-15-39-27)31(4,29(36)37)34(25(23)28-19(3)14-16-40-28)30(38)33-21-11-9-20(32)10-12-21/h5-16,23-25H,1-4H3,(H,33,38)(H,36,37). The average molecular weight is 577 g/mol. The molecule has 0 spiro atoms. The summed E-state index contributed by atoms with van der Waals surface area (Å²) in [6, 6.07) is 14.8. The number of nitrogens with one attached hydrogen (secondary N) is 1. The molecule has 4 atom stereocenters. The first kappa shape index (κ1) is 27.7. The molecule has 4 unspecified atom stereocenters. The lowest BCUT2D eigenvalue weighted by molar-refractivity contribution is -0.148. The molecule has 0 bridgehead atoms. The van der Waals surface area contributed by atoms with Crippen molar-refractivity contribution < 1.29 is 23.9 Å². The van der Waals surface area contributed by atoms with E-state index >= 15 is 0 Å². The number of halogens is 1. The highest BCUT2D eigenvalue weighted by atomic mass is 32.1. The van der Waals surface area contributed by atoms with E-state index in [0.29, 0.717) is 11.3 Å². The normalized spacial score (nSPS) is 22.3. The Labute approximate surface area is 240 Å². The molecule has 0 saturated carbocycles. The first-order chi connectivity index (χ1) is 19.1. The van der Waals surface area contributed by atoms with Gasteiger partial charge < -0.3 is 10.4 Å². The topological polar surface area (TPSA) is 86.7 Å². The number of benzene rings is 2. The minimum Gasteiger partial charge on any atom is -0.479 e. The van der Waals surface area contributed by atoms with Gasteiger partial charge in [-0.25, -0.2) is 14.0 Å². The number of hydrogen-bond acceptors (Lipinski definition) is 5. The largest absolute Gasteiger partial charge is 0.479 e. The minimum absolute atomic E-state index is 0.210. The van der Waals surface area contributed by atoms with Crippen LogP contribution in [0.5, 0.6) is 0 Å². The number of aryl methyl sites for hydroxylation is 3. The maximum atomic E-state index is 14.6. The van der Waals surface area contributed by atoms with Crippen LogP contribution in [0.25, 0.3) is 0 Å². The molecule has 6 nitrogen and oxygen atoms in total. The highest BCUT2D eigenvalue weighted by Crippen LogP contribution is 2.59. The summed E-state index contributed by atoms with van der Waals surface area (Å²) < 4.78 is 13.6. The number of likely N-dealkylation sites (tertiary alicyclic amines) is 1. The predicted octanol–water partition coefficient (Wildman–Crippen LogP) is 7.59. The van der Waals surface area contributed by atoms with E-state index < -0.39 is 41.2 Å². The summed E-state index contributed by atoms with van der Waals surface area (Å²) in [6.45, 7) is 7.19. The Kier molecular flexibility index (Phi) is 7.37. The number of aliphatic carboxylic acids is 1.